The number of Topliss-reactive ketones (excluding diaryl/α,β-unsaturated/α-hetero) is 1. The molecule has 3 nitrogen and oxygen atoms in total. The molecule has 0 saturated heterocycles. The average molecular weight is 278 g/mol. The first-order valence-electron chi connectivity index (χ1n) is 7.55. The Kier molecular flexibility index (Phi) is 7.78. The minimum absolute atomic E-state index is 0.192. The number of aromatic hydroxyl groups is 1. The molecule has 0 aromatic heterocycles. The Bertz CT molecular complexity index is 413. The Morgan fingerprint density at radius 3 is 2.55 bits per heavy atom. The summed E-state index contributed by atoms with van der Waals surface area (Å²) in [6, 6.07) is 5.53. The summed E-state index contributed by atoms with van der Waals surface area (Å²) in [6.07, 6.45) is 8.09. The van der Waals surface area contributed by atoms with Crippen LogP contribution in [0.15, 0.2) is 18.2 Å². The average Bonchev–Trinajstić information content (AvgIpc) is 2.47. The van der Waals surface area contributed by atoms with Gasteiger partial charge in [0.25, 0.3) is 0 Å². The van der Waals surface area contributed by atoms with Crippen molar-refractivity contribution in [3.05, 3.63) is 23.8 Å². The highest BCUT2D eigenvalue weighted by atomic mass is 16.5. The van der Waals surface area contributed by atoms with E-state index in [1.54, 1.807) is 13.2 Å². The van der Waals surface area contributed by atoms with Crippen molar-refractivity contribution in [1.29, 1.82) is 0 Å². The fraction of sp³-hybridized carbons (Fsp3) is 0.588. The molecule has 1 N–H and O–H groups in total. The summed E-state index contributed by atoms with van der Waals surface area (Å²) < 4.78 is 5.10. The van der Waals surface area contributed by atoms with Gasteiger partial charge in [-0.05, 0) is 37.0 Å². The van der Waals surface area contributed by atoms with Gasteiger partial charge in [0.1, 0.15) is 5.78 Å². The van der Waals surface area contributed by atoms with Crippen LogP contribution in [-0.2, 0) is 11.2 Å². The molecule has 1 aromatic rings. The van der Waals surface area contributed by atoms with Crippen molar-refractivity contribution in [2.45, 2.75) is 58.3 Å². The molecular formula is C17H26O3. The van der Waals surface area contributed by atoms with E-state index >= 15 is 0 Å². The van der Waals surface area contributed by atoms with E-state index in [0.717, 1.165) is 32.1 Å². The fourth-order valence-corrected chi connectivity index (χ4v) is 2.24. The maximum Gasteiger partial charge on any atom is 0.160 e. The van der Waals surface area contributed by atoms with Crippen molar-refractivity contribution in [3.8, 4) is 11.5 Å². The quantitative estimate of drug-likeness (QED) is 0.650. The monoisotopic (exact) mass is 278 g/mol. The Labute approximate surface area is 122 Å². The van der Waals surface area contributed by atoms with Crippen molar-refractivity contribution in [1.82, 2.24) is 0 Å². The molecule has 0 atom stereocenters. The third kappa shape index (κ3) is 6.09. The summed E-state index contributed by atoms with van der Waals surface area (Å²) in [5.74, 6) is 1.11. The zero-order valence-corrected chi connectivity index (χ0v) is 12.7. The van der Waals surface area contributed by atoms with Crippen molar-refractivity contribution >= 4 is 5.78 Å². The third-order valence-corrected chi connectivity index (χ3v) is 3.56. The molecule has 0 radical (unpaired) electrons. The van der Waals surface area contributed by atoms with Gasteiger partial charge in [0, 0.05) is 12.8 Å². The first-order valence-corrected chi connectivity index (χ1v) is 7.55. The summed E-state index contributed by atoms with van der Waals surface area (Å²) in [5.41, 5.74) is 1.20. The third-order valence-electron chi connectivity index (χ3n) is 3.56. The first kappa shape index (κ1) is 16.5. The van der Waals surface area contributed by atoms with Crippen LogP contribution < -0.4 is 4.74 Å². The Morgan fingerprint density at radius 2 is 1.85 bits per heavy atom. The van der Waals surface area contributed by atoms with Gasteiger partial charge in [-0.3, -0.25) is 4.79 Å². The van der Waals surface area contributed by atoms with E-state index in [0.29, 0.717) is 18.0 Å². The molecule has 112 valence electrons. The maximum absolute atomic E-state index is 11.1. The second-order valence-corrected chi connectivity index (χ2v) is 5.17. The lowest BCUT2D eigenvalue weighted by atomic mass is 10.0. The van der Waals surface area contributed by atoms with Crippen LogP contribution >= 0.6 is 0 Å². The number of hydrogen-bond donors (Lipinski definition) is 1. The van der Waals surface area contributed by atoms with Crippen molar-refractivity contribution in [2.24, 2.45) is 0 Å². The van der Waals surface area contributed by atoms with E-state index in [2.05, 4.69) is 0 Å². The number of carbonyl (C=O) groups is 1. The summed E-state index contributed by atoms with van der Waals surface area (Å²) in [5, 5.41) is 9.52. The summed E-state index contributed by atoms with van der Waals surface area (Å²) >= 11 is 0. The maximum atomic E-state index is 11.1. The van der Waals surface area contributed by atoms with Crippen molar-refractivity contribution in [3.63, 3.8) is 0 Å². The van der Waals surface area contributed by atoms with E-state index in [-0.39, 0.29) is 5.75 Å². The van der Waals surface area contributed by atoms with Crippen molar-refractivity contribution < 1.29 is 14.6 Å². The molecule has 0 aliphatic rings. The molecule has 1 aromatic carbocycles. The molecule has 0 saturated carbocycles. The molecule has 0 aliphatic heterocycles. The van der Waals surface area contributed by atoms with Crippen LogP contribution in [0.5, 0.6) is 11.5 Å². The van der Waals surface area contributed by atoms with Crippen LogP contribution in [0.3, 0.4) is 0 Å². The first-order chi connectivity index (χ1) is 9.67. The number of carbonyl (C=O) groups excluding carboxylic acids is 1. The Morgan fingerprint density at radius 1 is 1.15 bits per heavy atom. The van der Waals surface area contributed by atoms with Gasteiger partial charge >= 0.3 is 0 Å². The van der Waals surface area contributed by atoms with Crippen LogP contribution in [0, 0.1) is 0 Å². The zero-order valence-electron chi connectivity index (χ0n) is 12.7. The molecule has 1 rings (SSSR count). The molecule has 0 fully saturated rings. The minimum Gasteiger partial charge on any atom is -0.504 e. The van der Waals surface area contributed by atoms with E-state index in [1.165, 1.54) is 18.4 Å². The van der Waals surface area contributed by atoms with Gasteiger partial charge in [0.05, 0.1) is 7.11 Å². The van der Waals surface area contributed by atoms with Gasteiger partial charge < -0.3 is 9.84 Å². The molecule has 0 unspecified atom stereocenters. The fourth-order valence-electron chi connectivity index (χ4n) is 2.24. The lowest BCUT2D eigenvalue weighted by Gasteiger charge is -2.06. The molecule has 3 heteroatoms. The van der Waals surface area contributed by atoms with Gasteiger partial charge in [0.15, 0.2) is 11.5 Å². The molecule has 0 heterocycles. The van der Waals surface area contributed by atoms with Crippen molar-refractivity contribution in [2.75, 3.05) is 7.11 Å². The highest BCUT2D eigenvalue weighted by Crippen LogP contribution is 2.27. The number of phenolic OH excluding ortho intramolecular Hbond substituents is 1. The molecule has 0 bridgehead atoms. The number of methoxy groups -OCH3 is 1. The molecule has 0 aliphatic carbocycles. The predicted molar refractivity (Wildman–Crippen MR) is 81.4 cm³/mol. The van der Waals surface area contributed by atoms with Gasteiger partial charge in [-0.15, -0.1) is 0 Å². The van der Waals surface area contributed by atoms with Crippen LogP contribution in [0.25, 0.3) is 0 Å². The van der Waals surface area contributed by atoms with Gasteiger partial charge in [-0.2, -0.15) is 0 Å². The van der Waals surface area contributed by atoms with Gasteiger partial charge in [-0.1, -0.05) is 32.3 Å². The molecular weight excluding hydrogens is 252 g/mol. The predicted octanol–water partition coefficient (Wildman–Crippen LogP) is 4.26. The van der Waals surface area contributed by atoms with Crippen LogP contribution in [0.4, 0.5) is 0 Å². The second kappa shape index (κ2) is 9.40. The normalized spacial score (nSPS) is 10.5. The van der Waals surface area contributed by atoms with E-state index in [9.17, 15) is 9.90 Å². The summed E-state index contributed by atoms with van der Waals surface area (Å²) in [7, 11) is 1.57. The number of phenols is 1. The lowest BCUT2D eigenvalue weighted by Crippen LogP contribution is -1.94. The summed E-state index contributed by atoms with van der Waals surface area (Å²) in [6.45, 7) is 1.92. The topological polar surface area (TPSA) is 46.5 Å². The smallest absolute Gasteiger partial charge is 0.160 e. The van der Waals surface area contributed by atoms with E-state index in [4.69, 9.17) is 4.74 Å². The van der Waals surface area contributed by atoms with E-state index in [1.807, 2.05) is 19.1 Å². The lowest BCUT2D eigenvalue weighted by molar-refractivity contribution is -0.118. The number of benzene rings is 1. The zero-order chi connectivity index (χ0) is 14.8. The molecule has 20 heavy (non-hydrogen) atoms. The Balaban J connectivity index is 2.14. The highest BCUT2D eigenvalue weighted by Gasteiger charge is 2.02. The highest BCUT2D eigenvalue weighted by molar-refractivity contribution is 5.77. The van der Waals surface area contributed by atoms with Gasteiger partial charge in [-0.25, -0.2) is 0 Å². The largest absolute Gasteiger partial charge is 0.504 e. The second-order valence-electron chi connectivity index (χ2n) is 5.17. The number of ketones is 1. The van der Waals surface area contributed by atoms with Crippen LogP contribution in [0.2, 0.25) is 0 Å². The SMILES string of the molecule is CCC(=O)CCCCCCCc1ccc(O)c(OC)c1. The number of aryl methyl sites for hydroxylation is 1. The molecule has 0 amide bonds. The van der Waals surface area contributed by atoms with Crippen LogP contribution in [0.1, 0.15) is 57.4 Å². The Hall–Kier alpha value is -1.51. The van der Waals surface area contributed by atoms with Crippen LogP contribution in [-0.4, -0.2) is 18.0 Å². The van der Waals surface area contributed by atoms with E-state index < -0.39 is 0 Å². The molecule has 0 spiro atoms. The number of ether oxygens (including phenoxy) is 1. The number of hydrogen-bond acceptors (Lipinski definition) is 3. The van der Waals surface area contributed by atoms with Gasteiger partial charge in [0.2, 0.25) is 0 Å². The number of unbranched alkanes of at least 4 members (excludes halogenated alkanes) is 4. The summed E-state index contributed by atoms with van der Waals surface area (Å²) in [4.78, 5) is 11.1. The standard InChI is InChI=1S/C17H26O3/c1-3-15(18)10-8-6-4-5-7-9-14-11-12-16(19)17(13-14)20-2/h11-13,19H,3-10H2,1-2H3. The number of rotatable bonds is 10. The minimum atomic E-state index is 0.192.